The van der Waals surface area contributed by atoms with Crippen molar-refractivity contribution in [3.05, 3.63) is 23.4 Å². The number of rotatable bonds is 4. The van der Waals surface area contributed by atoms with Gasteiger partial charge in [-0.25, -0.2) is 10.8 Å². The van der Waals surface area contributed by atoms with Gasteiger partial charge < -0.3 is 10.3 Å². The first kappa shape index (κ1) is 16.4. The zero-order valence-electron chi connectivity index (χ0n) is 13.3. The van der Waals surface area contributed by atoms with E-state index in [9.17, 15) is 4.79 Å². The number of hydrazine groups is 1. The normalized spacial score (nSPS) is 12.9. The molecule has 5 heteroatoms. The van der Waals surface area contributed by atoms with Crippen molar-refractivity contribution < 1.29 is 4.79 Å². The lowest BCUT2D eigenvalue weighted by Gasteiger charge is -2.35. The van der Waals surface area contributed by atoms with Gasteiger partial charge in [-0.2, -0.15) is 0 Å². The summed E-state index contributed by atoms with van der Waals surface area (Å²) in [7, 11) is 1.83. The zero-order valence-corrected chi connectivity index (χ0v) is 13.3. The second-order valence-electron chi connectivity index (χ2n) is 6.19. The summed E-state index contributed by atoms with van der Waals surface area (Å²) in [4.78, 5) is 18.7. The fourth-order valence-electron chi connectivity index (χ4n) is 1.93. The predicted molar refractivity (Wildman–Crippen MR) is 82.4 cm³/mol. The van der Waals surface area contributed by atoms with Gasteiger partial charge in [0, 0.05) is 24.3 Å². The molecular formula is C15H26N4O. The van der Waals surface area contributed by atoms with Crippen LogP contribution in [0.2, 0.25) is 0 Å². The summed E-state index contributed by atoms with van der Waals surface area (Å²) in [6.07, 6.45) is 0.758. The van der Waals surface area contributed by atoms with Crippen molar-refractivity contribution in [3.63, 3.8) is 0 Å². The Morgan fingerprint density at radius 3 is 2.50 bits per heavy atom. The Morgan fingerprint density at radius 1 is 1.45 bits per heavy atom. The first-order valence-electron chi connectivity index (χ1n) is 6.95. The van der Waals surface area contributed by atoms with Crippen LogP contribution in [0.5, 0.6) is 0 Å². The Bertz CT molecular complexity index is 457. The van der Waals surface area contributed by atoms with E-state index in [0.29, 0.717) is 11.4 Å². The minimum Gasteiger partial charge on any atom is -0.338 e. The van der Waals surface area contributed by atoms with E-state index in [4.69, 9.17) is 5.84 Å². The summed E-state index contributed by atoms with van der Waals surface area (Å²) in [5, 5.41) is 0. The summed E-state index contributed by atoms with van der Waals surface area (Å²) in [5.41, 5.74) is 4.00. The van der Waals surface area contributed by atoms with Crippen LogP contribution in [0.4, 0.5) is 5.82 Å². The summed E-state index contributed by atoms with van der Waals surface area (Å²) < 4.78 is 0. The molecule has 0 radical (unpaired) electrons. The molecule has 20 heavy (non-hydrogen) atoms. The molecule has 0 spiro atoms. The summed E-state index contributed by atoms with van der Waals surface area (Å²) >= 11 is 0. The summed E-state index contributed by atoms with van der Waals surface area (Å²) in [5.74, 6) is 5.92. The maximum absolute atomic E-state index is 12.6. The molecule has 0 aromatic carbocycles. The number of anilines is 1. The molecule has 0 fully saturated rings. The fourth-order valence-corrected chi connectivity index (χ4v) is 1.93. The van der Waals surface area contributed by atoms with E-state index >= 15 is 0 Å². The Hall–Kier alpha value is -1.62. The van der Waals surface area contributed by atoms with Gasteiger partial charge in [-0.05, 0) is 30.9 Å². The third-order valence-electron chi connectivity index (χ3n) is 3.79. The quantitative estimate of drug-likeness (QED) is 0.655. The number of nitrogens with two attached hydrogens (primary N) is 1. The van der Waals surface area contributed by atoms with E-state index in [1.165, 1.54) is 0 Å². The number of nitrogens with zero attached hydrogens (tertiary/aromatic N) is 2. The number of amides is 1. The Morgan fingerprint density at radius 2 is 2.05 bits per heavy atom. The van der Waals surface area contributed by atoms with Gasteiger partial charge in [0.2, 0.25) is 0 Å². The average Bonchev–Trinajstić information content (AvgIpc) is 2.43. The van der Waals surface area contributed by atoms with E-state index in [0.717, 1.165) is 12.1 Å². The van der Waals surface area contributed by atoms with Crippen molar-refractivity contribution in [3.8, 4) is 0 Å². The molecule has 1 amide bonds. The van der Waals surface area contributed by atoms with Crippen molar-refractivity contribution in [2.45, 2.75) is 47.1 Å². The summed E-state index contributed by atoms with van der Waals surface area (Å²) in [6.45, 7) is 10.4. The zero-order chi connectivity index (χ0) is 15.5. The van der Waals surface area contributed by atoms with Crippen LogP contribution < -0.4 is 11.3 Å². The molecule has 0 saturated heterocycles. The highest BCUT2D eigenvalue weighted by atomic mass is 16.2. The van der Waals surface area contributed by atoms with Crippen molar-refractivity contribution in [2.75, 3.05) is 12.5 Å². The highest BCUT2D eigenvalue weighted by Gasteiger charge is 2.27. The van der Waals surface area contributed by atoms with Gasteiger partial charge in [-0.15, -0.1) is 0 Å². The number of aryl methyl sites for hydroxylation is 1. The molecule has 0 aliphatic heterocycles. The van der Waals surface area contributed by atoms with Crippen LogP contribution >= 0.6 is 0 Å². The second kappa shape index (κ2) is 6.22. The number of hydrogen-bond acceptors (Lipinski definition) is 4. The van der Waals surface area contributed by atoms with Crippen LogP contribution in [0.15, 0.2) is 12.1 Å². The van der Waals surface area contributed by atoms with Crippen molar-refractivity contribution >= 4 is 11.7 Å². The summed E-state index contributed by atoms with van der Waals surface area (Å²) in [6, 6.07) is 3.64. The number of nitrogens with one attached hydrogen (secondary N) is 1. The predicted octanol–water partition coefficient (Wildman–Crippen LogP) is 2.44. The molecule has 1 atom stereocenters. The van der Waals surface area contributed by atoms with Gasteiger partial charge in [0.05, 0.1) is 0 Å². The molecule has 1 rings (SSSR count). The molecule has 1 aromatic heterocycles. The molecule has 3 N–H and O–H groups in total. The third kappa shape index (κ3) is 3.70. The highest BCUT2D eigenvalue weighted by Crippen LogP contribution is 2.24. The Kier molecular flexibility index (Phi) is 5.11. The van der Waals surface area contributed by atoms with Gasteiger partial charge in [0.15, 0.2) is 0 Å². The lowest BCUT2D eigenvalue weighted by molar-refractivity contribution is 0.0629. The number of hydrogen-bond donors (Lipinski definition) is 2. The van der Waals surface area contributed by atoms with Crippen LogP contribution in [0.25, 0.3) is 0 Å². The molecule has 1 heterocycles. The average molecular weight is 278 g/mol. The van der Waals surface area contributed by atoms with E-state index in [1.54, 1.807) is 11.0 Å². The molecule has 0 aliphatic carbocycles. The lowest BCUT2D eigenvalue weighted by Crippen LogP contribution is -2.43. The van der Waals surface area contributed by atoms with Crippen LogP contribution in [0, 0.1) is 5.41 Å². The first-order chi connectivity index (χ1) is 9.20. The van der Waals surface area contributed by atoms with Gasteiger partial charge in [0.25, 0.3) is 5.91 Å². The molecule has 1 unspecified atom stereocenters. The monoisotopic (exact) mass is 278 g/mol. The number of carbonyl (C=O) groups excluding carboxylic acids is 1. The molecule has 0 saturated carbocycles. The molecule has 5 nitrogen and oxygen atoms in total. The standard InChI is InChI=1S/C15H26N4O/c1-7-12-8-11(9-13(17-12)18-16)14(20)19(6)10(2)15(3,4)5/h8-10H,7,16H2,1-6H3,(H,17,18). The number of aromatic nitrogens is 1. The highest BCUT2D eigenvalue weighted by molar-refractivity contribution is 5.95. The smallest absolute Gasteiger partial charge is 0.254 e. The SMILES string of the molecule is CCc1cc(C(=O)N(C)C(C)C(C)(C)C)cc(NN)n1. The lowest BCUT2D eigenvalue weighted by atomic mass is 9.87. The van der Waals surface area contributed by atoms with Gasteiger partial charge in [-0.3, -0.25) is 4.79 Å². The first-order valence-corrected chi connectivity index (χ1v) is 6.95. The number of pyridine rings is 1. The largest absolute Gasteiger partial charge is 0.338 e. The Balaban J connectivity index is 3.08. The second-order valence-corrected chi connectivity index (χ2v) is 6.19. The maximum atomic E-state index is 12.6. The van der Waals surface area contributed by atoms with Crippen molar-refractivity contribution in [1.82, 2.24) is 9.88 Å². The van der Waals surface area contributed by atoms with Gasteiger partial charge in [0.1, 0.15) is 5.82 Å². The van der Waals surface area contributed by atoms with E-state index < -0.39 is 0 Å². The molecule has 0 aliphatic rings. The van der Waals surface area contributed by atoms with Crippen LogP contribution in [0.1, 0.15) is 50.7 Å². The van der Waals surface area contributed by atoms with Crippen LogP contribution in [-0.4, -0.2) is 28.9 Å². The van der Waals surface area contributed by atoms with Crippen molar-refractivity contribution in [1.29, 1.82) is 0 Å². The molecular weight excluding hydrogens is 252 g/mol. The van der Waals surface area contributed by atoms with Crippen molar-refractivity contribution in [2.24, 2.45) is 11.3 Å². The minimum absolute atomic E-state index is 0.0129. The minimum atomic E-state index is -0.0129. The fraction of sp³-hybridized carbons (Fsp3) is 0.600. The van der Waals surface area contributed by atoms with E-state index in [-0.39, 0.29) is 17.4 Å². The maximum Gasteiger partial charge on any atom is 0.254 e. The Labute approximate surface area is 121 Å². The molecule has 0 bridgehead atoms. The third-order valence-corrected chi connectivity index (χ3v) is 3.79. The number of nitrogen functional groups attached to an aromatic ring is 1. The van der Waals surface area contributed by atoms with Crippen LogP contribution in [-0.2, 0) is 6.42 Å². The van der Waals surface area contributed by atoms with Gasteiger partial charge >= 0.3 is 0 Å². The van der Waals surface area contributed by atoms with E-state index in [1.807, 2.05) is 20.0 Å². The number of carbonyl (C=O) groups is 1. The van der Waals surface area contributed by atoms with Crippen LogP contribution in [0.3, 0.4) is 0 Å². The molecule has 1 aromatic rings. The molecule has 112 valence electrons. The van der Waals surface area contributed by atoms with E-state index in [2.05, 4.69) is 38.1 Å². The van der Waals surface area contributed by atoms with Gasteiger partial charge in [-0.1, -0.05) is 27.7 Å². The topological polar surface area (TPSA) is 71.2 Å².